The van der Waals surface area contributed by atoms with Crippen LogP contribution in [0.15, 0.2) is 0 Å². The topological polar surface area (TPSA) is 105 Å². The van der Waals surface area contributed by atoms with Gasteiger partial charge in [-0.25, -0.2) is 4.79 Å². The number of alkyl carbamates (subject to hydrolysis) is 1. The maximum atomic E-state index is 12.6. The van der Waals surface area contributed by atoms with E-state index in [1.165, 1.54) is 4.90 Å². The summed E-state index contributed by atoms with van der Waals surface area (Å²) >= 11 is 0. The van der Waals surface area contributed by atoms with Crippen molar-refractivity contribution in [3.05, 3.63) is 0 Å². The summed E-state index contributed by atoms with van der Waals surface area (Å²) in [5, 5.41) is 5.19. The van der Waals surface area contributed by atoms with Crippen LogP contribution in [0.2, 0.25) is 0 Å². The number of hydrogen-bond donors (Lipinski definition) is 2. The Morgan fingerprint density at radius 1 is 1.28 bits per heavy atom. The number of carbonyl (C=O) groups is 4. The Balaban J connectivity index is 2.07. The number of carbonyl (C=O) groups excluding carboxylic acids is 4. The van der Waals surface area contributed by atoms with Crippen LogP contribution in [0.4, 0.5) is 4.79 Å². The molecule has 0 aliphatic carbocycles. The van der Waals surface area contributed by atoms with Gasteiger partial charge in [-0.3, -0.25) is 14.4 Å². The van der Waals surface area contributed by atoms with E-state index in [0.717, 1.165) is 12.8 Å². The summed E-state index contributed by atoms with van der Waals surface area (Å²) in [4.78, 5) is 50.4. The van der Waals surface area contributed by atoms with E-state index in [-0.39, 0.29) is 12.3 Å². The first-order chi connectivity index (χ1) is 11.7. The molecule has 2 fully saturated rings. The van der Waals surface area contributed by atoms with E-state index >= 15 is 0 Å². The van der Waals surface area contributed by atoms with Crippen LogP contribution in [0.3, 0.4) is 0 Å². The maximum Gasteiger partial charge on any atom is 0.408 e. The van der Waals surface area contributed by atoms with Crippen LogP contribution in [0.5, 0.6) is 0 Å². The SMILES string of the molecule is CC(C)(C)OC(=O)NC(C[C@@H]1CCNC1=O)C(=O)C(=O)N1CCCC1. The van der Waals surface area contributed by atoms with Crippen LogP contribution in [0.25, 0.3) is 0 Å². The molecule has 0 bridgehead atoms. The Bertz CT molecular complexity index is 549. The van der Waals surface area contributed by atoms with Crippen molar-refractivity contribution >= 4 is 23.7 Å². The highest BCUT2D eigenvalue weighted by Crippen LogP contribution is 2.18. The number of amides is 3. The summed E-state index contributed by atoms with van der Waals surface area (Å²) in [6.45, 7) is 6.77. The monoisotopic (exact) mass is 353 g/mol. The molecule has 2 aliphatic heterocycles. The molecule has 1 unspecified atom stereocenters. The number of nitrogens with one attached hydrogen (secondary N) is 2. The van der Waals surface area contributed by atoms with Gasteiger partial charge >= 0.3 is 6.09 Å². The summed E-state index contributed by atoms with van der Waals surface area (Å²) in [6, 6.07) is -1.06. The second kappa shape index (κ2) is 7.84. The van der Waals surface area contributed by atoms with Gasteiger partial charge in [0.25, 0.3) is 5.91 Å². The largest absolute Gasteiger partial charge is 0.444 e. The van der Waals surface area contributed by atoms with Gasteiger partial charge in [0.2, 0.25) is 11.7 Å². The van der Waals surface area contributed by atoms with Crippen molar-refractivity contribution in [1.82, 2.24) is 15.5 Å². The molecule has 0 radical (unpaired) electrons. The van der Waals surface area contributed by atoms with Crippen molar-refractivity contribution in [2.75, 3.05) is 19.6 Å². The van der Waals surface area contributed by atoms with Crippen molar-refractivity contribution in [3.63, 3.8) is 0 Å². The molecule has 2 heterocycles. The molecule has 0 aromatic heterocycles. The lowest BCUT2D eigenvalue weighted by atomic mass is 9.95. The maximum absolute atomic E-state index is 12.6. The molecule has 140 valence electrons. The van der Waals surface area contributed by atoms with Crippen LogP contribution in [0.1, 0.15) is 46.5 Å². The minimum Gasteiger partial charge on any atom is -0.444 e. The van der Waals surface area contributed by atoms with Gasteiger partial charge in [-0.1, -0.05) is 0 Å². The summed E-state index contributed by atoms with van der Waals surface area (Å²) in [5.74, 6) is -1.84. The predicted molar refractivity (Wildman–Crippen MR) is 89.7 cm³/mol. The van der Waals surface area contributed by atoms with E-state index in [0.29, 0.717) is 26.1 Å². The number of ether oxygens (including phenoxy) is 1. The molecule has 2 saturated heterocycles. The smallest absolute Gasteiger partial charge is 0.408 e. The molecule has 2 rings (SSSR count). The van der Waals surface area contributed by atoms with E-state index in [9.17, 15) is 19.2 Å². The molecule has 0 saturated carbocycles. The highest BCUT2D eigenvalue weighted by molar-refractivity contribution is 6.38. The molecule has 0 aromatic carbocycles. The highest BCUT2D eigenvalue weighted by Gasteiger charge is 2.37. The number of rotatable bonds is 5. The number of Topliss-reactive ketones (excluding diaryl/α,β-unsaturated/α-hetero) is 1. The Labute approximate surface area is 147 Å². The molecule has 0 spiro atoms. The molecule has 2 atom stereocenters. The van der Waals surface area contributed by atoms with Gasteiger partial charge in [-0.05, 0) is 46.5 Å². The minimum atomic E-state index is -1.06. The third-order valence-electron chi connectivity index (χ3n) is 4.29. The first-order valence-electron chi connectivity index (χ1n) is 8.78. The standard InChI is InChI=1S/C17H27N3O5/c1-17(2,3)25-16(24)19-12(10-11-6-7-18-14(11)22)13(21)15(23)20-8-4-5-9-20/h11-12H,4-10H2,1-3H3,(H,18,22)(H,19,24)/t11-,12?/m0/s1. The molecule has 2 N–H and O–H groups in total. The van der Waals surface area contributed by atoms with Gasteiger partial charge < -0.3 is 20.3 Å². The second-order valence-corrected chi connectivity index (χ2v) is 7.57. The zero-order chi connectivity index (χ0) is 18.6. The lowest BCUT2D eigenvalue weighted by Gasteiger charge is -2.25. The molecule has 0 aromatic rings. The number of nitrogens with zero attached hydrogens (tertiary/aromatic N) is 1. The molecule has 25 heavy (non-hydrogen) atoms. The zero-order valence-electron chi connectivity index (χ0n) is 15.1. The molecule has 2 aliphatic rings. The molecular formula is C17H27N3O5. The third-order valence-corrected chi connectivity index (χ3v) is 4.29. The van der Waals surface area contributed by atoms with E-state index in [1.807, 2.05) is 0 Å². The predicted octanol–water partition coefficient (Wildman–Crippen LogP) is 0.597. The molecule has 3 amide bonds. The van der Waals surface area contributed by atoms with Gasteiger partial charge in [0.05, 0.1) is 0 Å². The number of likely N-dealkylation sites (tertiary alicyclic amines) is 1. The molecule has 8 heteroatoms. The zero-order valence-corrected chi connectivity index (χ0v) is 15.1. The summed E-state index contributed by atoms with van der Waals surface area (Å²) in [7, 11) is 0. The van der Waals surface area contributed by atoms with E-state index in [1.54, 1.807) is 20.8 Å². The van der Waals surface area contributed by atoms with Gasteiger partial charge in [0, 0.05) is 25.6 Å². The second-order valence-electron chi connectivity index (χ2n) is 7.57. The van der Waals surface area contributed by atoms with Crippen LogP contribution in [0, 0.1) is 5.92 Å². The van der Waals surface area contributed by atoms with E-state index < -0.39 is 35.3 Å². The Morgan fingerprint density at radius 2 is 1.92 bits per heavy atom. The fourth-order valence-electron chi connectivity index (χ4n) is 3.06. The lowest BCUT2D eigenvalue weighted by molar-refractivity contribution is -0.145. The number of hydrogen-bond acceptors (Lipinski definition) is 5. The van der Waals surface area contributed by atoms with Gasteiger partial charge in [0.15, 0.2) is 0 Å². The van der Waals surface area contributed by atoms with E-state index in [4.69, 9.17) is 4.74 Å². The Hall–Kier alpha value is -2.12. The van der Waals surface area contributed by atoms with Gasteiger partial charge in [0.1, 0.15) is 11.6 Å². The fraction of sp³-hybridized carbons (Fsp3) is 0.765. The third kappa shape index (κ3) is 5.44. The normalized spacial score (nSPS) is 21.6. The highest BCUT2D eigenvalue weighted by atomic mass is 16.6. The summed E-state index contributed by atoms with van der Waals surface area (Å²) in [6.07, 6.45) is 1.65. The van der Waals surface area contributed by atoms with Crippen molar-refractivity contribution in [2.24, 2.45) is 5.92 Å². The summed E-state index contributed by atoms with van der Waals surface area (Å²) in [5.41, 5.74) is -0.721. The quantitative estimate of drug-likeness (QED) is 0.704. The van der Waals surface area contributed by atoms with Crippen LogP contribution in [-0.2, 0) is 19.1 Å². The first-order valence-corrected chi connectivity index (χ1v) is 8.78. The van der Waals surface area contributed by atoms with Crippen LogP contribution >= 0.6 is 0 Å². The van der Waals surface area contributed by atoms with Gasteiger partial charge in [-0.2, -0.15) is 0 Å². The van der Waals surface area contributed by atoms with Crippen molar-refractivity contribution in [1.29, 1.82) is 0 Å². The van der Waals surface area contributed by atoms with Gasteiger partial charge in [-0.15, -0.1) is 0 Å². The fourth-order valence-corrected chi connectivity index (χ4v) is 3.06. The van der Waals surface area contributed by atoms with E-state index in [2.05, 4.69) is 10.6 Å². The van der Waals surface area contributed by atoms with Crippen LogP contribution < -0.4 is 10.6 Å². The summed E-state index contributed by atoms with van der Waals surface area (Å²) < 4.78 is 5.19. The number of ketones is 1. The van der Waals surface area contributed by atoms with Crippen molar-refractivity contribution in [2.45, 2.75) is 58.1 Å². The Kier molecular flexibility index (Phi) is 6.02. The Morgan fingerprint density at radius 3 is 2.44 bits per heavy atom. The average Bonchev–Trinajstić information content (AvgIpc) is 3.15. The first kappa shape index (κ1) is 19.2. The molecule has 8 nitrogen and oxygen atoms in total. The lowest BCUT2D eigenvalue weighted by Crippen LogP contribution is -2.50. The molecular weight excluding hydrogens is 326 g/mol. The average molecular weight is 353 g/mol. The minimum absolute atomic E-state index is 0.101. The van der Waals surface area contributed by atoms with Crippen molar-refractivity contribution < 1.29 is 23.9 Å². The van der Waals surface area contributed by atoms with Crippen molar-refractivity contribution in [3.8, 4) is 0 Å². The van der Waals surface area contributed by atoms with Crippen LogP contribution in [-0.4, -0.2) is 59.9 Å².